The highest BCUT2D eigenvalue weighted by atomic mass is 32.2. The molecule has 7 heteroatoms. The number of carbonyl (C=O) groups excluding carboxylic acids is 1. The van der Waals surface area contributed by atoms with Crippen LogP contribution in [-0.4, -0.2) is 21.9 Å². The number of amides is 1. The zero-order valence-corrected chi connectivity index (χ0v) is 14.3. The van der Waals surface area contributed by atoms with Crippen LogP contribution in [0.1, 0.15) is 23.7 Å². The van der Waals surface area contributed by atoms with E-state index in [-0.39, 0.29) is 17.5 Å². The minimum Gasteiger partial charge on any atom is -0.352 e. The molecule has 1 aliphatic rings. The van der Waals surface area contributed by atoms with E-state index in [0.29, 0.717) is 15.4 Å². The molecule has 5 nitrogen and oxygen atoms in total. The SMILES string of the molecule is O=C(NC1CC1)[C@H](Sc1nc2sccc2c(=O)[nH]1)c1ccccc1. The van der Waals surface area contributed by atoms with Gasteiger partial charge in [0.25, 0.3) is 5.56 Å². The number of hydrogen-bond acceptors (Lipinski definition) is 5. The summed E-state index contributed by atoms with van der Waals surface area (Å²) in [5.41, 5.74) is 0.729. The largest absolute Gasteiger partial charge is 0.352 e. The molecule has 0 aliphatic heterocycles. The molecule has 2 heterocycles. The molecule has 1 atom stereocenters. The van der Waals surface area contributed by atoms with Crippen LogP contribution in [0.25, 0.3) is 10.2 Å². The molecule has 0 unspecified atom stereocenters. The number of aromatic nitrogens is 2. The molecule has 1 aliphatic carbocycles. The topological polar surface area (TPSA) is 74.8 Å². The first-order chi connectivity index (χ1) is 11.7. The maximum atomic E-state index is 12.6. The number of benzene rings is 1. The Hall–Kier alpha value is -2.12. The van der Waals surface area contributed by atoms with Gasteiger partial charge in [0, 0.05) is 6.04 Å². The molecule has 4 rings (SSSR count). The Morgan fingerprint density at radius 3 is 2.83 bits per heavy atom. The maximum absolute atomic E-state index is 12.6. The summed E-state index contributed by atoms with van der Waals surface area (Å²) >= 11 is 2.70. The molecular formula is C17H15N3O2S2. The lowest BCUT2D eigenvalue weighted by molar-refractivity contribution is -0.120. The van der Waals surface area contributed by atoms with Gasteiger partial charge in [-0.25, -0.2) is 4.98 Å². The number of fused-ring (bicyclic) bond motifs is 1. The van der Waals surface area contributed by atoms with Gasteiger partial charge < -0.3 is 10.3 Å². The summed E-state index contributed by atoms with van der Waals surface area (Å²) < 4.78 is 0. The van der Waals surface area contributed by atoms with Crippen LogP contribution in [0.4, 0.5) is 0 Å². The Morgan fingerprint density at radius 1 is 1.29 bits per heavy atom. The third kappa shape index (κ3) is 3.22. The smallest absolute Gasteiger partial charge is 0.260 e. The van der Waals surface area contributed by atoms with Crippen molar-refractivity contribution in [3.63, 3.8) is 0 Å². The number of carbonyl (C=O) groups is 1. The van der Waals surface area contributed by atoms with E-state index in [0.717, 1.165) is 18.4 Å². The summed E-state index contributed by atoms with van der Waals surface area (Å²) in [5.74, 6) is -0.0392. The number of aromatic amines is 1. The predicted molar refractivity (Wildman–Crippen MR) is 96.4 cm³/mol. The Kier molecular flexibility index (Phi) is 4.12. The average Bonchev–Trinajstić information content (AvgIpc) is 3.26. The fraction of sp³-hybridized carbons (Fsp3) is 0.235. The molecule has 122 valence electrons. The lowest BCUT2D eigenvalue weighted by Crippen LogP contribution is -2.30. The van der Waals surface area contributed by atoms with Gasteiger partial charge in [0.2, 0.25) is 5.91 Å². The fourth-order valence-electron chi connectivity index (χ4n) is 2.42. The van der Waals surface area contributed by atoms with Gasteiger partial charge in [0.1, 0.15) is 10.1 Å². The number of nitrogens with zero attached hydrogens (tertiary/aromatic N) is 1. The van der Waals surface area contributed by atoms with Crippen molar-refractivity contribution in [3.05, 3.63) is 57.7 Å². The molecule has 1 saturated carbocycles. The van der Waals surface area contributed by atoms with Crippen LogP contribution in [0.5, 0.6) is 0 Å². The summed E-state index contributed by atoms with van der Waals surface area (Å²) in [4.78, 5) is 32.7. The molecule has 0 spiro atoms. The average molecular weight is 357 g/mol. The Labute approximate surface area is 146 Å². The van der Waals surface area contributed by atoms with E-state index in [1.807, 2.05) is 35.7 Å². The molecular weight excluding hydrogens is 342 g/mol. The zero-order valence-electron chi connectivity index (χ0n) is 12.7. The number of thioether (sulfide) groups is 1. The van der Waals surface area contributed by atoms with Crippen molar-refractivity contribution in [3.8, 4) is 0 Å². The summed E-state index contributed by atoms with van der Waals surface area (Å²) in [5, 5.41) is 5.50. The van der Waals surface area contributed by atoms with Crippen molar-refractivity contribution in [2.45, 2.75) is 29.3 Å². The minimum atomic E-state index is -0.438. The molecule has 0 bridgehead atoms. The number of rotatable bonds is 5. The molecule has 24 heavy (non-hydrogen) atoms. The second-order valence-electron chi connectivity index (χ2n) is 5.70. The maximum Gasteiger partial charge on any atom is 0.260 e. The lowest BCUT2D eigenvalue weighted by Gasteiger charge is -2.16. The summed E-state index contributed by atoms with van der Waals surface area (Å²) in [7, 11) is 0. The Morgan fingerprint density at radius 2 is 2.08 bits per heavy atom. The molecule has 1 aromatic carbocycles. The van der Waals surface area contributed by atoms with Gasteiger partial charge in [0.05, 0.1) is 5.39 Å². The molecule has 3 aromatic rings. The number of thiophene rings is 1. The zero-order chi connectivity index (χ0) is 16.5. The van der Waals surface area contributed by atoms with Gasteiger partial charge >= 0.3 is 0 Å². The molecule has 2 aromatic heterocycles. The summed E-state index contributed by atoms with van der Waals surface area (Å²) in [6.07, 6.45) is 2.07. The first kappa shape index (κ1) is 15.4. The van der Waals surface area contributed by atoms with E-state index in [1.165, 1.54) is 23.1 Å². The quantitative estimate of drug-likeness (QED) is 0.543. The van der Waals surface area contributed by atoms with E-state index in [1.54, 1.807) is 6.07 Å². The van der Waals surface area contributed by atoms with Crippen LogP contribution in [0.3, 0.4) is 0 Å². The first-order valence-electron chi connectivity index (χ1n) is 7.70. The van der Waals surface area contributed by atoms with Gasteiger partial charge in [-0.05, 0) is 29.9 Å². The number of H-pyrrole nitrogens is 1. The van der Waals surface area contributed by atoms with Crippen molar-refractivity contribution in [1.29, 1.82) is 0 Å². The van der Waals surface area contributed by atoms with Crippen molar-refractivity contribution in [2.75, 3.05) is 0 Å². The van der Waals surface area contributed by atoms with E-state index in [9.17, 15) is 9.59 Å². The summed E-state index contributed by atoms with van der Waals surface area (Å²) in [6, 6.07) is 11.6. The van der Waals surface area contributed by atoms with Crippen LogP contribution in [-0.2, 0) is 4.79 Å². The molecule has 1 amide bonds. The summed E-state index contributed by atoms with van der Waals surface area (Å²) in [6.45, 7) is 0. The van der Waals surface area contributed by atoms with Gasteiger partial charge in [-0.3, -0.25) is 9.59 Å². The number of nitrogens with one attached hydrogen (secondary N) is 2. The highest BCUT2D eigenvalue weighted by Crippen LogP contribution is 2.35. The standard InChI is InChI=1S/C17H15N3O2S2/c21-14-12-8-9-23-16(12)20-17(19-14)24-13(10-4-2-1-3-5-10)15(22)18-11-6-7-11/h1-5,8-9,11,13H,6-7H2,(H,18,22)(H,19,20,21)/t13-/m1/s1. The van der Waals surface area contributed by atoms with Crippen LogP contribution < -0.4 is 10.9 Å². The van der Waals surface area contributed by atoms with Crippen molar-refractivity contribution >= 4 is 39.2 Å². The molecule has 1 fully saturated rings. The number of hydrogen-bond donors (Lipinski definition) is 2. The normalized spacial score (nSPS) is 15.3. The molecule has 0 saturated heterocycles. The minimum absolute atomic E-state index is 0.0392. The van der Waals surface area contributed by atoms with Gasteiger partial charge in [-0.15, -0.1) is 11.3 Å². The van der Waals surface area contributed by atoms with Crippen LogP contribution >= 0.6 is 23.1 Å². The Balaban J connectivity index is 1.66. The Bertz CT molecular complexity index is 932. The second-order valence-corrected chi connectivity index (χ2v) is 7.69. The van der Waals surface area contributed by atoms with E-state index < -0.39 is 5.25 Å². The second kappa shape index (κ2) is 6.41. The molecule has 0 radical (unpaired) electrons. The van der Waals surface area contributed by atoms with E-state index >= 15 is 0 Å². The highest BCUT2D eigenvalue weighted by Gasteiger charge is 2.29. The van der Waals surface area contributed by atoms with E-state index in [2.05, 4.69) is 15.3 Å². The van der Waals surface area contributed by atoms with Crippen LogP contribution in [0, 0.1) is 0 Å². The lowest BCUT2D eigenvalue weighted by atomic mass is 10.1. The van der Waals surface area contributed by atoms with Gasteiger partial charge in [-0.2, -0.15) is 0 Å². The fourth-order valence-corrected chi connectivity index (χ4v) is 4.23. The first-order valence-corrected chi connectivity index (χ1v) is 9.46. The van der Waals surface area contributed by atoms with Crippen molar-refractivity contribution in [2.24, 2.45) is 0 Å². The third-order valence-corrected chi connectivity index (χ3v) is 5.75. The monoisotopic (exact) mass is 357 g/mol. The molecule has 2 N–H and O–H groups in total. The van der Waals surface area contributed by atoms with Gasteiger partial charge in [0.15, 0.2) is 5.16 Å². The van der Waals surface area contributed by atoms with Crippen molar-refractivity contribution in [1.82, 2.24) is 15.3 Å². The third-order valence-electron chi connectivity index (χ3n) is 3.81. The predicted octanol–water partition coefficient (Wildman–Crippen LogP) is 3.10. The highest BCUT2D eigenvalue weighted by molar-refractivity contribution is 8.00. The van der Waals surface area contributed by atoms with Crippen LogP contribution in [0.15, 0.2) is 51.7 Å². The van der Waals surface area contributed by atoms with Gasteiger partial charge in [-0.1, -0.05) is 42.1 Å². The van der Waals surface area contributed by atoms with E-state index in [4.69, 9.17) is 0 Å². The van der Waals surface area contributed by atoms with Crippen LogP contribution in [0.2, 0.25) is 0 Å². The van der Waals surface area contributed by atoms with Crippen molar-refractivity contribution < 1.29 is 4.79 Å².